The van der Waals surface area contributed by atoms with E-state index in [-0.39, 0.29) is 46.8 Å². The number of likely N-dealkylation sites (N-methyl/N-ethyl adjacent to an activating group) is 1. The molecule has 1 heterocycles. The van der Waals surface area contributed by atoms with Crippen LogP contribution < -0.4 is 16.4 Å². The number of aromatic hydroxyl groups is 1. The third-order valence-corrected chi connectivity index (χ3v) is 9.14. The van der Waals surface area contributed by atoms with E-state index in [1.807, 2.05) is 0 Å². The number of fused-ring (bicyclic) bond motifs is 3. The van der Waals surface area contributed by atoms with Gasteiger partial charge in [-0.15, -0.1) is 0 Å². The number of hydrogen-bond donors (Lipinski definition) is 7. The first-order valence-corrected chi connectivity index (χ1v) is 13.9. The lowest BCUT2D eigenvalue weighted by Crippen LogP contribution is -2.65. The Morgan fingerprint density at radius 1 is 1.07 bits per heavy atom. The topological polar surface area (TPSA) is 185 Å². The van der Waals surface area contributed by atoms with Gasteiger partial charge in [0.1, 0.15) is 22.8 Å². The minimum Gasteiger partial charge on any atom is -0.508 e. The van der Waals surface area contributed by atoms with Crippen LogP contribution in [0.1, 0.15) is 58.1 Å². The van der Waals surface area contributed by atoms with E-state index in [1.165, 1.54) is 4.90 Å². The number of primary amides is 1. The van der Waals surface area contributed by atoms with Crippen LogP contribution >= 0.6 is 0 Å². The monoisotopic (exact) mass is 568 g/mol. The Bertz CT molecular complexity index is 1410. The Kier molecular flexibility index (Phi) is 6.60. The fraction of sp³-hybridized carbons (Fsp3) is 0.567. The highest BCUT2D eigenvalue weighted by atomic mass is 16.3. The minimum absolute atomic E-state index is 0.0196. The molecule has 8 N–H and O–H groups in total. The van der Waals surface area contributed by atoms with Crippen molar-refractivity contribution in [2.24, 2.45) is 17.6 Å². The van der Waals surface area contributed by atoms with Gasteiger partial charge in [0.05, 0.1) is 17.3 Å². The number of ketones is 2. The quantitative estimate of drug-likeness (QED) is 0.208. The van der Waals surface area contributed by atoms with Gasteiger partial charge < -0.3 is 36.8 Å². The molecule has 2 fully saturated rings. The maximum atomic E-state index is 14.0. The molecule has 1 amide bonds. The van der Waals surface area contributed by atoms with Crippen molar-refractivity contribution in [3.63, 3.8) is 0 Å². The van der Waals surface area contributed by atoms with Gasteiger partial charge in [-0.3, -0.25) is 19.3 Å². The van der Waals surface area contributed by atoms with Crippen molar-refractivity contribution < 1.29 is 34.8 Å². The summed E-state index contributed by atoms with van der Waals surface area (Å²) in [5.41, 5.74) is 2.56. The number of nitrogens with two attached hydrogens (primary N) is 1. The predicted octanol–water partition coefficient (Wildman–Crippen LogP) is 1.69. The van der Waals surface area contributed by atoms with Crippen molar-refractivity contribution >= 4 is 28.9 Å². The number of Topliss-reactive ketones (excluding diaryl/α,β-unsaturated/α-hetero) is 2. The molecule has 3 aliphatic carbocycles. The number of hydrogen-bond acceptors (Lipinski definition) is 10. The van der Waals surface area contributed by atoms with Gasteiger partial charge in [0, 0.05) is 28.6 Å². The van der Waals surface area contributed by atoms with Crippen molar-refractivity contribution in [2.45, 2.75) is 82.1 Å². The molecule has 1 aromatic carbocycles. The first-order chi connectivity index (χ1) is 18.9. The van der Waals surface area contributed by atoms with Gasteiger partial charge in [0.15, 0.2) is 11.4 Å². The van der Waals surface area contributed by atoms with E-state index in [9.17, 15) is 34.8 Å². The number of phenolic OH excluding ortho intramolecular Hbond substituents is 1. The van der Waals surface area contributed by atoms with Crippen LogP contribution in [0.4, 0.5) is 5.69 Å². The Morgan fingerprint density at radius 2 is 1.68 bits per heavy atom. The number of anilines is 1. The number of amides is 1. The molecule has 0 bridgehead atoms. The van der Waals surface area contributed by atoms with E-state index in [0.29, 0.717) is 11.3 Å². The molecule has 1 aromatic rings. The van der Waals surface area contributed by atoms with Gasteiger partial charge in [-0.25, -0.2) is 0 Å². The van der Waals surface area contributed by atoms with Crippen LogP contribution in [-0.4, -0.2) is 85.7 Å². The fourth-order valence-corrected chi connectivity index (χ4v) is 7.98. The number of aliphatic hydroxyl groups excluding tert-OH is 2. The largest absolute Gasteiger partial charge is 0.508 e. The van der Waals surface area contributed by atoms with Gasteiger partial charge >= 0.3 is 0 Å². The second-order valence-corrected chi connectivity index (χ2v) is 13.6. The maximum absolute atomic E-state index is 14.0. The van der Waals surface area contributed by atoms with Crippen LogP contribution in [0, 0.1) is 11.8 Å². The third kappa shape index (κ3) is 4.41. The minimum atomic E-state index is -2.65. The van der Waals surface area contributed by atoms with Gasteiger partial charge in [-0.1, -0.05) is 6.07 Å². The number of piperidine rings is 1. The lowest BCUT2D eigenvalue weighted by atomic mass is 9.57. The second-order valence-electron chi connectivity index (χ2n) is 13.6. The standard InChI is InChI=1S/C30H40N4O7/c1-28(2)11-15(12-29(3,4)33-28)32-17-8-7-13-9-14-10-16-21(34(5)6)24(37)20(27(31)40)26(39)30(16,41)25(38)19(14)23(36)18(13)22(17)35/h7-8,14-16,21,32-33,35-36,39,41H,9-12H2,1-6H3,(H2,31,40). The molecule has 41 heavy (non-hydrogen) atoms. The van der Waals surface area contributed by atoms with Crippen molar-refractivity contribution in [1.82, 2.24) is 10.2 Å². The molecule has 0 spiro atoms. The van der Waals surface area contributed by atoms with Crippen LogP contribution in [-0.2, 0) is 20.8 Å². The van der Waals surface area contributed by atoms with Crippen LogP contribution in [0.15, 0.2) is 29.0 Å². The molecular weight excluding hydrogens is 528 g/mol. The molecule has 0 aromatic heterocycles. The van der Waals surface area contributed by atoms with Gasteiger partial charge in [0.2, 0.25) is 5.78 Å². The molecule has 1 saturated carbocycles. The summed E-state index contributed by atoms with van der Waals surface area (Å²) < 4.78 is 0. The molecule has 4 aliphatic rings. The highest BCUT2D eigenvalue weighted by Crippen LogP contribution is 2.53. The summed E-state index contributed by atoms with van der Waals surface area (Å²) in [5, 5.41) is 52.6. The molecular formula is C30H40N4O7. The molecule has 1 aliphatic heterocycles. The van der Waals surface area contributed by atoms with Crippen LogP contribution in [0.2, 0.25) is 0 Å². The average Bonchev–Trinajstić information content (AvgIpc) is 2.80. The zero-order chi connectivity index (χ0) is 30.4. The van der Waals surface area contributed by atoms with E-state index in [0.717, 1.165) is 12.8 Å². The SMILES string of the molecule is CN(C)C1C(=O)C(C(N)=O)=C(O)C2(O)C(=O)C3=C(O)c4c(ccc(NC5CC(C)(C)NC(C)(C)C5)c4O)CC3CC12. The summed E-state index contributed by atoms with van der Waals surface area (Å²) in [6, 6.07) is 2.47. The Balaban J connectivity index is 1.58. The molecule has 0 radical (unpaired) electrons. The van der Waals surface area contributed by atoms with E-state index in [2.05, 4.69) is 38.3 Å². The molecule has 11 nitrogen and oxygen atoms in total. The number of nitrogens with zero attached hydrogens (tertiary/aromatic N) is 1. The number of aliphatic hydroxyl groups is 3. The Hall–Kier alpha value is -3.41. The van der Waals surface area contributed by atoms with Crippen LogP contribution in [0.3, 0.4) is 0 Å². The van der Waals surface area contributed by atoms with Gasteiger partial charge in [0.25, 0.3) is 5.91 Å². The van der Waals surface area contributed by atoms with Gasteiger partial charge in [-0.05, 0) is 85.0 Å². The number of phenols is 1. The molecule has 4 atom stereocenters. The first kappa shape index (κ1) is 29.1. The lowest BCUT2D eigenvalue weighted by molar-refractivity contribution is -0.153. The number of nitrogens with one attached hydrogen (secondary N) is 2. The predicted molar refractivity (Wildman–Crippen MR) is 152 cm³/mol. The fourth-order valence-electron chi connectivity index (χ4n) is 7.98. The smallest absolute Gasteiger partial charge is 0.255 e. The summed E-state index contributed by atoms with van der Waals surface area (Å²) in [5.74, 6) is -6.54. The van der Waals surface area contributed by atoms with E-state index >= 15 is 0 Å². The number of benzene rings is 1. The molecule has 4 unspecified atom stereocenters. The van der Waals surface area contributed by atoms with Crippen molar-refractivity contribution in [2.75, 3.05) is 19.4 Å². The third-order valence-electron chi connectivity index (χ3n) is 9.14. The highest BCUT2D eigenvalue weighted by Gasteiger charge is 2.64. The zero-order valence-electron chi connectivity index (χ0n) is 24.3. The van der Waals surface area contributed by atoms with Crippen molar-refractivity contribution in [3.8, 4) is 5.75 Å². The maximum Gasteiger partial charge on any atom is 0.255 e. The summed E-state index contributed by atoms with van der Waals surface area (Å²) in [7, 11) is 3.15. The van der Waals surface area contributed by atoms with E-state index in [1.54, 1.807) is 26.2 Å². The second kappa shape index (κ2) is 9.30. The highest BCUT2D eigenvalue weighted by molar-refractivity contribution is 6.24. The van der Waals surface area contributed by atoms with E-state index < -0.39 is 58.0 Å². The Labute approximate surface area is 239 Å². The summed E-state index contributed by atoms with van der Waals surface area (Å²) in [4.78, 5) is 40.8. The normalized spacial score (nSPS) is 31.1. The summed E-state index contributed by atoms with van der Waals surface area (Å²) in [6.45, 7) is 8.47. The van der Waals surface area contributed by atoms with E-state index in [4.69, 9.17) is 5.73 Å². The zero-order valence-corrected chi connectivity index (χ0v) is 24.3. The number of carbonyl (C=O) groups excluding carboxylic acids is 3. The van der Waals surface area contributed by atoms with Crippen LogP contribution in [0.25, 0.3) is 5.76 Å². The Morgan fingerprint density at radius 3 is 2.24 bits per heavy atom. The molecule has 1 saturated heterocycles. The summed E-state index contributed by atoms with van der Waals surface area (Å²) in [6.07, 6.45) is 1.89. The van der Waals surface area contributed by atoms with Gasteiger partial charge in [-0.2, -0.15) is 0 Å². The molecule has 5 rings (SSSR count). The van der Waals surface area contributed by atoms with Crippen molar-refractivity contribution in [3.05, 3.63) is 40.2 Å². The average molecular weight is 569 g/mol. The summed E-state index contributed by atoms with van der Waals surface area (Å²) >= 11 is 0. The number of rotatable bonds is 4. The lowest BCUT2D eigenvalue weighted by Gasteiger charge is -2.50. The number of carbonyl (C=O) groups is 3. The first-order valence-electron chi connectivity index (χ1n) is 13.9. The molecule has 222 valence electrons. The van der Waals surface area contributed by atoms with Crippen LogP contribution in [0.5, 0.6) is 5.75 Å². The van der Waals surface area contributed by atoms with Crippen molar-refractivity contribution in [1.29, 1.82) is 0 Å². The molecule has 11 heteroatoms.